The minimum absolute atomic E-state index is 0.134. The molecule has 1 N–H and O–H groups in total. The minimum atomic E-state index is 0.134. The van der Waals surface area contributed by atoms with Gasteiger partial charge in [-0.05, 0) is 84.9 Å². The van der Waals surface area contributed by atoms with Crippen LogP contribution in [0.15, 0.2) is 202 Å². The largest absolute Gasteiger partial charge is 0.456 e. The molecule has 0 saturated carbocycles. The number of nitrogens with one attached hydrogen (secondary N) is 1. The minimum Gasteiger partial charge on any atom is -0.456 e. The third kappa shape index (κ3) is 5.96. The average Bonchev–Trinajstić information content (AvgIpc) is 3.63. The summed E-state index contributed by atoms with van der Waals surface area (Å²) in [4.78, 5) is 10.1. The first-order chi connectivity index (χ1) is 27.2. The normalized spacial score (nSPS) is 12.1. The van der Waals surface area contributed by atoms with Gasteiger partial charge in [-0.3, -0.25) is 5.41 Å². The molecule has 1 heterocycles. The van der Waals surface area contributed by atoms with Crippen LogP contribution in [-0.2, 0) is 0 Å². The number of aliphatic imine (C=N–C) groups is 2. The van der Waals surface area contributed by atoms with Crippen LogP contribution >= 0.6 is 0 Å². The van der Waals surface area contributed by atoms with Gasteiger partial charge in [0, 0.05) is 33.7 Å². The van der Waals surface area contributed by atoms with Crippen molar-refractivity contribution in [3.63, 3.8) is 0 Å². The standard InChI is InChI=1S/C51H33N3O/c52-50(36-23-21-34(22-24-36)33-11-2-1-3-12-33)54-51(40-16-10-15-37(29-40)38-26-28-45-44-19-8-9-20-48(44)55-49(45)31-38)53-32-47-42-18-7-5-14-39(42)30-46-41-17-6-4-13-35(41)25-27-43(46)47/h1-32,52H. The molecule has 0 saturated heterocycles. The van der Waals surface area contributed by atoms with Gasteiger partial charge in [0.15, 0.2) is 11.7 Å². The van der Waals surface area contributed by atoms with Gasteiger partial charge < -0.3 is 4.42 Å². The second kappa shape index (κ2) is 13.5. The number of hydrogen-bond donors (Lipinski definition) is 1. The van der Waals surface area contributed by atoms with Crippen molar-refractivity contribution in [3.05, 3.63) is 205 Å². The highest BCUT2D eigenvalue weighted by molar-refractivity contribution is 6.22. The van der Waals surface area contributed by atoms with E-state index in [4.69, 9.17) is 14.4 Å². The van der Waals surface area contributed by atoms with Gasteiger partial charge in [0.1, 0.15) is 11.2 Å². The van der Waals surface area contributed by atoms with Crippen molar-refractivity contribution >= 4 is 72.1 Å². The summed E-state index contributed by atoms with van der Waals surface area (Å²) < 4.78 is 6.24. The predicted molar refractivity (Wildman–Crippen MR) is 231 cm³/mol. The molecule has 0 aliphatic heterocycles. The van der Waals surface area contributed by atoms with E-state index in [1.54, 1.807) is 0 Å². The van der Waals surface area contributed by atoms with Crippen molar-refractivity contribution in [1.29, 1.82) is 5.41 Å². The Kier molecular flexibility index (Phi) is 7.93. The van der Waals surface area contributed by atoms with Crippen LogP contribution in [0.3, 0.4) is 0 Å². The Morgan fingerprint density at radius 3 is 1.91 bits per heavy atom. The summed E-state index contributed by atoms with van der Waals surface area (Å²) in [5.74, 6) is 0.584. The van der Waals surface area contributed by atoms with Crippen molar-refractivity contribution in [3.8, 4) is 22.3 Å². The van der Waals surface area contributed by atoms with Gasteiger partial charge >= 0.3 is 0 Å². The summed E-state index contributed by atoms with van der Waals surface area (Å²) in [6.07, 6.45) is 1.93. The van der Waals surface area contributed by atoms with Gasteiger partial charge in [-0.2, -0.15) is 0 Å². The van der Waals surface area contributed by atoms with Crippen LogP contribution in [-0.4, -0.2) is 17.9 Å². The highest BCUT2D eigenvalue weighted by Crippen LogP contribution is 2.34. The number of hydrogen-bond acceptors (Lipinski definition) is 2. The molecule has 0 unspecified atom stereocenters. The lowest BCUT2D eigenvalue weighted by Crippen LogP contribution is -2.05. The van der Waals surface area contributed by atoms with E-state index in [0.717, 1.165) is 71.5 Å². The summed E-state index contributed by atoms with van der Waals surface area (Å²) >= 11 is 0. The van der Waals surface area contributed by atoms with Crippen molar-refractivity contribution in [2.45, 2.75) is 0 Å². The third-order valence-electron chi connectivity index (χ3n) is 10.4. The molecule has 0 aliphatic rings. The van der Waals surface area contributed by atoms with Crippen LogP contribution < -0.4 is 0 Å². The molecule has 10 rings (SSSR count). The molecule has 1 aromatic heterocycles. The van der Waals surface area contributed by atoms with E-state index in [9.17, 15) is 5.41 Å². The van der Waals surface area contributed by atoms with Crippen LogP contribution in [0.4, 0.5) is 0 Å². The number of amidine groups is 2. The second-order valence-corrected chi connectivity index (χ2v) is 13.8. The number of rotatable bonds is 5. The molecule has 258 valence electrons. The fraction of sp³-hybridized carbons (Fsp3) is 0. The quantitative estimate of drug-likeness (QED) is 0.0825. The van der Waals surface area contributed by atoms with Gasteiger partial charge in [-0.1, -0.05) is 158 Å². The summed E-state index contributed by atoms with van der Waals surface area (Å²) in [6, 6.07) is 64.5. The fourth-order valence-corrected chi connectivity index (χ4v) is 7.65. The number of benzene rings is 9. The van der Waals surface area contributed by atoms with Crippen LogP contribution in [0.25, 0.3) is 76.5 Å². The first-order valence-electron chi connectivity index (χ1n) is 18.4. The first-order valence-corrected chi connectivity index (χ1v) is 18.4. The molecule has 55 heavy (non-hydrogen) atoms. The van der Waals surface area contributed by atoms with Crippen LogP contribution in [0.2, 0.25) is 0 Å². The zero-order valence-electron chi connectivity index (χ0n) is 29.8. The van der Waals surface area contributed by atoms with Gasteiger partial charge in [-0.25, -0.2) is 9.98 Å². The Morgan fingerprint density at radius 1 is 0.418 bits per heavy atom. The molecular formula is C51H33N3O. The van der Waals surface area contributed by atoms with Gasteiger partial charge in [0.05, 0.1) is 0 Å². The zero-order chi connectivity index (χ0) is 36.7. The smallest absolute Gasteiger partial charge is 0.161 e. The van der Waals surface area contributed by atoms with E-state index in [-0.39, 0.29) is 5.84 Å². The molecule has 4 nitrogen and oxygen atoms in total. The molecule has 10 aromatic rings. The number of para-hydroxylation sites is 1. The fourth-order valence-electron chi connectivity index (χ4n) is 7.65. The van der Waals surface area contributed by atoms with Crippen molar-refractivity contribution in [2.24, 2.45) is 9.98 Å². The van der Waals surface area contributed by atoms with E-state index in [2.05, 4.69) is 115 Å². The Hall–Kier alpha value is -7.43. The lowest BCUT2D eigenvalue weighted by molar-refractivity contribution is 0.669. The first kappa shape index (κ1) is 32.2. The summed E-state index contributed by atoms with van der Waals surface area (Å²) in [6.45, 7) is 0. The number of nitrogens with zero attached hydrogens (tertiary/aromatic N) is 2. The molecule has 0 amide bonds. The summed E-state index contributed by atoms with van der Waals surface area (Å²) in [5.41, 5.74) is 8.48. The Morgan fingerprint density at radius 2 is 1.05 bits per heavy atom. The summed E-state index contributed by atoms with van der Waals surface area (Å²) in [5, 5.41) is 18.3. The molecule has 0 radical (unpaired) electrons. The van der Waals surface area contributed by atoms with Crippen molar-refractivity contribution in [2.75, 3.05) is 0 Å². The molecule has 0 bridgehead atoms. The highest BCUT2D eigenvalue weighted by Gasteiger charge is 2.13. The molecule has 9 aromatic carbocycles. The highest BCUT2D eigenvalue weighted by atomic mass is 16.3. The second-order valence-electron chi connectivity index (χ2n) is 13.8. The number of fused-ring (bicyclic) bond motifs is 7. The van der Waals surface area contributed by atoms with E-state index < -0.39 is 0 Å². The maximum absolute atomic E-state index is 9.21. The Balaban J connectivity index is 1.11. The van der Waals surface area contributed by atoms with Crippen LogP contribution in [0.5, 0.6) is 0 Å². The molecule has 0 atom stereocenters. The predicted octanol–water partition coefficient (Wildman–Crippen LogP) is 13.3. The van der Waals surface area contributed by atoms with Crippen LogP contribution in [0, 0.1) is 5.41 Å². The molecule has 0 aliphatic carbocycles. The van der Waals surface area contributed by atoms with Crippen molar-refractivity contribution < 1.29 is 4.42 Å². The maximum Gasteiger partial charge on any atom is 0.161 e. The Labute approximate surface area is 317 Å². The van der Waals surface area contributed by atoms with Gasteiger partial charge in [0.25, 0.3) is 0 Å². The van der Waals surface area contributed by atoms with E-state index >= 15 is 0 Å². The van der Waals surface area contributed by atoms with Gasteiger partial charge in [0.2, 0.25) is 0 Å². The van der Waals surface area contributed by atoms with E-state index in [1.165, 1.54) is 16.2 Å². The van der Waals surface area contributed by atoms with E-state index in [1.807, 2.05) is 79.0 Å². The lowest BCUT2D eigenvalue weighted by atomic mass is 9.94. The molecular weight excluding hydrogens is 671 g/mol. The zero-order valence-corrected chi connectivity index (χ0v) is 29.8. The Bertz CT molecular complexity index is 3150. The van der Waals surface area contributed by atoms with Crippen molar-refractivity contribution in [1.82, 2.24) is 0 Å². The average molecular weight is 704 g/mol. The molecule has 0 spiro atoms. The lowest BCUT2D eigenvalue weighted by Gasteiger charge is -2.11. The third-order valence-corrected chi connectivity index (χ3v) is 10.4. The topological polar surface area (TPSA) is 61.7 Å². The molecule has 4 heteroatoms. The number of furan rings is 1. The van der Waals surface area contributed by atoms with E-state index in [0.29, 0.717) is 11.4 Å². The summed E-state index contributed by atoms with van der Waals surface area (Å²) in [7, 11) is 0. The molecule has 0 fully saturated rings. The SMILES string of the molecule is N=C(N=C(N=Cc1c2ccccc2cc2c1ccc1ccccc12)c1cccc(-c2ccc3c(c2)oc2ccccc23)c1)c1ccc(-c2ccccc2)cc1. The maximum atomic E-state index is 9.21. The monoisotopic (exact) mass is 703 g/mol. The van der Waals surface area contributed by atoms with Gasteiger partial charge in [-0.15, -0.1) is 0 Å². The van der Waals surface area contributed by atoms with Crippen LogP contribution in [0.1, 0.15) is 16.7 Å².